The minimum atomic E-state index is -1.14. The largest absolute Gasteiger partial charge is 0.496 e. The number of ether oxygens (including phenoxy) is 1. The molecule has 0 unspecified atom stereocenters. The second kappa shape index (κ2) is 5.84. The van der Waals surface area contributed by atoms with E-state index >= 15 is 0 Å². The van der Waals surface area contributed by atoms with E-state index in [4.69, 9.17) is 9.84 Å². The summed E-state index contributed by atoms with van der Waals surface area (Å²) >= 11 is 0. The molecular formula is C13H14O4. The third-order valence-corrected chi connectivity index (χ3v) is 2.32. The molecule has 1 aromatic rings. The molecule has 0 atom stereocenters. The fourth-order valence-electron chi connectivity index (χ4n) is 1.45. The number of carboxylic acids is 1. The minimum absolute atomic E-state index is 0.329. The number of rotatable bonds is 5. The lowest BCUT2D eigenvalue weighted by Gasteiger charge is -2.07. The first-order chi connectivity index (χ1) is 8.08. The molecule has 0 aromatic heterocycles. The van der Waals surface area contributed by atoms with Gasteiger partial charge in [-0.25, -0.2) is 4.79 Å². The molecule has 0 fully saturated rings. The smallest absolute Gasteiger partial charge is 0.328 e. The highest BCUT2D eigenvalue weighted by atomic mass is 16.5. The molecule has 4 nitrogen and oxygen atoms in total. The molecule has 17 heavy (non-hydrogen) atoms. The summed E-state index contributed by atoms with van der Waals surface area (Å²) in [4.78, 5) is 21.9. The van der Waals surface area contributed by atoms with Gasteiger partial charge in [0.2, 0.25) is 0 Å². The zero-order valence-corrected chi connectivity index (χ0v) is 9.77. The normalized spacial score (nSPS) is 10.5. The SMILES string of the molecule is CCc1cc(C(=O)/C=C/C(=O)O)ccc1OC. The fourth-order valence-corrected chi connectivity index (χ4v) is 1.45. The highest BCUT2D eigenvalue weighted by molar-refractivity contribution is 6.07. The van der Waals surface area contributed by atoms with Crippen LogP contribution in [0.4, 0.5) is 0 Å². The maximum atomic E-state index is 11.6. The van der Waals surface area contributed by atoms with E-state index in [9.17, 15) is 9.59 Å². The summed E-state index contributed by atoms with van der Waals surface area (Å²) in [5.41, 5.74) is 1.38. The van der Waals surface area contributed by atoms with Crippen molar-refractivity contribution >= 4 is 11.8 Å². The summed E-state index contributed by atoms with van der Waals surface area (Å²) in [5.74, 6) is -0.737. The predicted octanol–water partition coefficient (Wildman–Crippen LogP) is 2.08. The molecule has 1 N–H and O–H groups in total. The number of benzene rings is 1. The van der Waals surface area contributed by atoms with E-state index in [-0.39, 0.29) is 5.78 Å². The average Bonchev–Trinajstić information content (AvgIpc) is 2.34. The van der Waals surface area contributed by atoms with Crippen LogP contribution >= 0.6 is 0 Å². The minimum Gasteiger partial charge on any atom is -0.496 e. The topological polar surface area (TPSA) is 63.6 Å². The molecular weight excluding hydrogens is 220 g/mol. The van der Waals surface area contributed by atoms with Gasteiger partial charge in [-0.2, -0.15) is 0 Å². The third-order valence-electron chi connectivity index (χ3n) is 2.32. The number of hydrogen-bond donors (Lipinski definition) is 1. The van der Waals surface area contributed by atoms with Crippen molar-refractivity contribution in [2.45, 2.75) is 13.3 Å². The Morgan fingerprint density at radius 3 is 2.59 bits per heavy atom. The van der Waals surface area contributed by atoms with Crippen molar-refractivity contribution in [2.75, 3.05) is 7.11 Å². The summed E-state index contributed by atoms with van der Waals surface area (Å²) in [6.45, 7) is 1.96. The Bertz CT molecular complexity index is 460. The van der Waals surface area contributed by atoms with E-state index in [1.165, 1.54) is 0 Å². The van der Waals surface area contributed by atoms with Crippen molar-refractivity contribution < 1.29 is 19.4 Å². The van der Waals surface area contributed by atoms with E-state index in [1.807, 2.05) is 6.92 Å². The second-order valence-electron chi connectivity index (χ2n) is 3.42. The predicted molar refractivity (Wildman–Crippen MR) is 63.5 cm³/mol. The monoisotopic (exact) mass is 234 g/mol. The van der Waals surface area contributed by atoms with Gasteiger partial charge in [-0.3, -0.25) is 4.79 Å². The highest BCUT2D eigenvalue weighted by Gasteiger charge is 2.07. The van der Waals surface area contributed by atoms with Crippen molar-refractivity contribution in [3.8, 4) is 5.75 Å². The Balaban J connectivity index is 2.99. The van der Waals surface area contributed by atoms with Gasteiger partial charge >= 0.3 is 5.97 Å². The van der Waals surface area contributed by atoms with Gasteiger partial charge in [0.25, 0.3) is 0 Å². The van der Waals surface area contributed by atoms with Crippen LogP contribution in [0.25, 0.3) is 0 Å². The number of carbonyl (C=O) groups excluding carboxylic acids is 1. The average molecular weight is 234 g/mol. The third kappa shape index (κ3) is 3.45. The lowest BCUT2D eigenvalue weighted by atomic mass is 10.0. The summed E-state index contributed by atoms with van der Waals surface area (Å²) in [7, 11) is 1.57. The van der Waals surface area contributed by atoms with E-state index in [2.05, 4.69) is 0 Å². The molecule has 0 aliphatic carbocycles. The maximum Gasteiger partial charge on any atom is 0.328 e. The number of methoxy groups -OCH3 is 1. The summed E-state index contributed by atoms with van der Waals surface area (Å²) in [6.07, 6.45) is 2.62. The molecule has 90 valence electrons. The van der Waals surface area contributed by atoms with Crippen LogP contribution in [-0.4, -0.2) is 24.0 Å². The van der Waals surface area contributed by atoms with Crippen molar-refractivity contribution in [3.05, 3.63) is 41.5 Å². The van der Waals surface area contributed by atoms with Crippen LogP contribution in [0, 0.1) is 0 Å². The molecule has 0 saturated heterocycles. The molecule has 0 aliphatic rings. The maximum absolute atomic E-state index is 11.6. The number of hydrogen-bond acceptors (Lipinski definition) is 3. The summed E-state index contributed by atoms with van der Waals surface area (Å²) in [5, 5.41) is 8.43. The number of allylic oxidation sites excluding steroid dienone is 1. The standard InChI is InChI=1S/C13H14O4/c1-3-9-8-10(4-6-12(9)17-2)11(14)5-7-13(15)16/h4-8H,3H2,1-2H3,(H,15,16)/b7-5+. The number of aliphatic carboxylic acids is 1. The van der Waals surface area contributed by atoms with Crippen LogP contribution in [-0.2, 0) is 11.2 Å². The van der Waals surface area contributed by atoms with E-state index in [0.717, 1.165) is 29.9 Å². The van der Waals surface area contributed by atoms with Crippen molar-refractivity contribution in [3.63, 3.8) is 0 Å². The molecule has 1 rings (SSSR count). The van der Waals surface area contributed by atoms with Crippen molar-refractivity contribution in [1.29, 1.82) is 0 Å². The Labute approximate surface area is 99.5 Å². The number of ketones is 1. The quantitative estimate of drug-likeness (QED) is 0.625. The summed E-state index contributed by atoms with van der Waals surface area (Å²) < 4.78 is 5.15. The second-order valence-corrected chi connectivity index (χ2v) is 3.42. The first kappa shape index (κ1) is 13.0. The van der Waals surface area contributed by atoms with Crippen LogP contribution in [0.5, 0.6) is 5.75 Å². The molecule has 1 aromatic carbocycles. The van der Waals surface area contributed by atoms with Gasteiger partial charge in [-0.15, -0.1) is 0 Å². The number of carboxylic acid groups (broad SMARTS) is 1. The zero-order chi connectivity index (χ0) is 12.8. The van der Waals surface area contributed by atoms with E-state index in [1.54, 1.807) is 25.3 Å². The van der Waals surface area contributed by atoms with Crippen LogP contribution in [0.2, 0.25) is 0 Å². The molecule has 0 bridgehead atoms. The molecule has 0 saturated carbocycles. The van der Waals surface area contributed by atoms with Gasteiger partial charge in [0, 0.05) is 11.6 Å². The van der Waals surface area contributed by atoms with Gasteiger partial charge in [-0.1, -0.05) is 6.92 Å². The Morgan fingerprint density at radius 2 is 2.06 bits per heavy atom. The van der Waals surface area contributed by atoms with Gasteiger partial charge in [0.15, 0.2) is 5.78 Å². The van der Waals surface area contributed by atoms with Crippen LogP contribution in [0.3, 0.4) is 0 Å². The van der Waals surface area contributed by atoms with Crippen LogP contribution in [0.1, 0.15) is 22.8 Å². The lowest BCUT2D eigenvalue weighted by molar-refractivity contribution is -0.131. The molecule has 0 amide bonds. The molecule has 0 heterocycles. The summed E-state index contributed by atoms with van der Waals surface area (Å²) in [6, 6.07) is 5.04. The zero-order valence-electron chi connectivity index (χ0n) is 9.77. The van der Waals surface area contributed by atoms with Crippen LogP contribution < -0.4 is 4.74 Å². The first-order valence-electron chi connectivity index (χ1n) is 5.20. The van der Waals surface area contributed by atoms with Crippen LogP contribution in [0.15, 0.2) is 30.4 Å². The van der Waals surface area contributed by atoms with Gasteiger partial charge in [-0.05, 0) is 36.3 Å². The lowest BCUT2D eigenvalue weighted by Crippen LogP contribution is -1.99. The number of carbonyl (C=O) groups is 2. The molecule has 0 radical (unpaired) electrons. The van der Waals surface area contributed by atoms with E-state index < -0.39 is 5.97 Å². The Kier molecular flexibility index (Phi) is 4.46. The molecule has 4 heteroatoms. The first-order valence-corrected chi connectivity index (χ1v) is 5.20. The van der Waals surface area contributed by atoms with Gasteiger partial charge in [0.1, 0.15) is 5.75 Å². The molecule has 0 aliphatic heterocycles. The highest BCUT2D eigenvalue weighted by Crippen LogP contribution is 2.20. The fraction of sp³-hybridized carbons (Fsp3) is 0.231. The van der Waals surface area contributed by atoms with Gasteiger partial charge < -0.3 is 9.84 Å². The Morgan fingerprint density at radius 1 is 1.35 bits per heavy atom. The van der Waals surface area contributed by atoms with Crippen molar-refractivity contribution in [2.24, 2.45) is 0 Å². The van der Waals surface area contributed by atoms with Crippen molar-refractivity contribution in [1.82, 2.24) is 0 Å². The molecule has 0 spiro atoms. The van der Waals surface area contributed by atoms with E-state index in [0.29, 0.717) is 5.56 Å². The Hall–Kier alpha value is -2.10. The van der Waals surface area contributed by atoms with Gasteiger partial charge in [0.05, 0.1) is 7.11 Å². The number of aryl methyl sites for hydroxylation is 1.